The third-order valence-corrected chi connectivity index (χ3v) is 3.40. The lowest BCUT2D eigenvalue weighted by atomic mass is 10.0. The maximum absolute atomic E-state index is 12.2. The summed E-state index contributed by atoms with van der Waals surface area (Å²) in [6.07, 6.45) is 0.134. The van der Waals surface area contributed by atoms with Gasteiger partial charge in [-0.05, 0) is 32.0 Å². The molecule has 6 nitrogen and oxygen atoms in total. The van der Waals surface area contributed by atoms with Crippen LogP contribution in [0.1, 0.15) is 37.0 Å². The number of carbonyl (C=O) groups excluding carboxylic acids is 3. The number of likely N-dealkylation sites (N-methyl/N-ethyl adjacent to an activating group) is 1. The molecule has 1 heterocycles. The van der Waals surface area contributed by atoms with E-state index in [0.717, 1.165) is 0 Å². The summed E-state index contributed by atoms with van der Waals surface area (Å²) in [4.78, 5) is 36.9. The number of hydrogen-bond acceptors (Lipinski definition) is 5. The minimum Gasteiger partial charge on any atom is -0.482 e. The zero-order valence-electron chi connectivity index (χ0n) is 12.8. The van der Waals surface area contributed by atoms with E-state index in [1.54, 1.807) is 30.0 Å². The Labute approximate surface area is 129 Å². The lowest BCUT2D eigenvalue weighted by Crippen LogP contribution is -2.38. The van der Waals surface area contributed by atoms with E-state index in [9.17, 15) is 14.4 Å². The molecule has 1 amide bonds. The number of hydrogen-bond donors (Lipinski definition) is 0. The van der Waals surface area contributed by atoms with Gasteiger partial charge in [0.1, 0.15) is 5.75 Å². The summed E-state index contributed by atoms with van der Waals surface area (Å²) >= 11 is 0. The normalized spacial score (nSPS) is 13.4. The molecule has 0 spiro atoms. The lowest BCUT2D eigenvalue weighted by molar-refractivity contribution is -0.143. The summed E-state index contributed by atoms with van der Waals surface area (Å²) in [6.45, 7) is 4.41. The van der Waals surface area contributed by atoms with Crippen molar-refractivity contribution in [2.45, 2.75) is 26.7 Å². The molecule has 2 rings (SSSR count). The Morgan fingerprint density at radius 1 is 1.27 bits per heavy atom. The number of nitrogens with zero attached hydrogens (tertiary/aromatic N) is 1. The van der Waals surface area contributed by atoms with Gasteiger partial charge in [-0.25, -0.2) is 0 Å². The number of fused-ring (bicyclic) bond motifs is 1. The molecule has 0 aromatic heterocycles. The molecule has 22 heavy (non-hydrogen) atoms. The van der Waals surface area contributed by atoms with Crippen molar-refractivity contribution >= 4 is 23.3 Å². The van der Waals surface area contributed by atoms with Gasteiger partial charge in [-0.1, -0.05) is 0 Å². The third kappa shape index (κ3) is 3.44. The number of rotatable bonds is 6. The van der Waals surface area contributed by atoms with Crippen LogP contribution >= 0.6 is 0 Å². The van der Waals surface area contributed by atoms with Crippen molar-refractivity contribution in [3.8, 4) is 5.75 Å². The maximum Gasteiger partial charge on any atom is 0.306 e. The molecule has 1 aliphatic heterocycles. The molecule has 0 atom stereocenters. The van der Waals surface area contributed by atoms with Crippen molar-refractivity contribution in [2.24, 2.45) is 0 Å². The Balaban J connectivity index is 2.13. The Morgan fingerprint density at radius 3 is 2.73 bits per heavy atom. The molecule has 0 aliphatic carbocycles. The molecular formula is C16H19NO5. The first kappa shape index (κ1) is 16.0. The van der Waals surface area contributed by atoms with Crippen molar-refractivity contribution in [3.05, 3.63) is 23.8 Å². The summed E-state index contributed by atoms with van der Waals surface area (Å²) in [5.41, 5.74) is 1.06. The van der Waals surface area contributed by atoms with Crippen LogP contribution in [0.25, 0.3) is 0 Å². The fraction of sp³-hybridized carbons (Fsp3) is 0.438. The molecule has 0 fully saturated rings. The third-order valence-electron chi connectivity index (χ3n) is 3.40. The second-order valence-corrected chi connectivity index (χ2v) is 4.84. The average Bonchev–Trinajstić information content (AvgIpc) is 2.52. The highest BCUT2D eigenvalue weighted by Gasteiger charge is 2.25. The largest absolute Gasteiger partial charge is 0.482 e. The second-order valence-electron chi connectivity index (χ2n) is 4.84. The topological polar surface area (TPSA) is 72.9 Å². The molecule has 0 N–H and O–H groups in total. The number of benzene rings is 1. The highest BCUT2D eigenvalue weighted by molar-refractivity contribution is 6.02. The van der Waals surface area contributed by atoms with Crippen LogP contribution in [0.2, 0.25) is 0 Å². The highest BCUT2D eigenvalue weighted by Crippen LogP contribution is 2.33. The molecule has 1 aliphatic rings. The van der Waals surface area contributed by atoms with E-state index in [1.807, 2.05) is 6.92 Å². The fourth-order valence-corrected chi connectivity index (χ4v) is 2.32. The Hall–Kier alpha value is -2.37. The van der Waals surface area contributed by atoms with Crippen LogP contribution in [-0.4, -0.2) is 37.4 Å². The van der Waals surface area contributed by atoms with Gasteiger partial charge in [0.05, 0.1) is 18.7 Å². The maximum atomic E-state index is 12.2. The van der Waals surface area contributed by atoms with E-state index in [4.69, 9.17) is 9.47 Å². The van der Waals surface area contributed by atoms with E-state index in [2.05, 4.69) is 0 Å². The number of amides is 1. The first-order chi connectivity index (χ1) is 10.6. The van der Waals surface area contributed by atoms with Gasteiger partial charge in [-0.2, -0.15) is 0 Å². The number of ether oxygens (including phenoxy) is 2. The molecular weight excluding hydrogens is 286 g/mol. The molecule has 0 bridgehead atoms. The number of anilines is 1. The van der Waals surface area contributed by atoms with Crippen LogP contribution in [-0.2, 0) is 14.3 Å². The van der Waals surface area contributed by atoms with Gasteiger partial charge in [0.25, 0.3) is 5.91 Å². The van der Waals surface area contributed by atoms with Crippen molar-refractivity contribution in [2.75, 3.05) is 24.7 Å². The predicted molar refractivity (Wildman–Crippen MR) is 80.2 cm³/mol. The van der Waals surface area contributed by atoms with E-state index < -0.39 is 0 Å². The number of carbonyl (C=O) groups is 3. The molecule has 6 heteroatoms. The highest BCUT2D eigenvalue weighted by atomic mass is 16.5. The first-order valence-corrected chi connectivity index (χ1v) is 7.32. The lowest BCUT2D eigenvalue weighted by Gasteiger charge is -2.28. The smallest absolute Gasteiger partial charge is 0.306 e. The first-order valence-electron chi connectivity index (χ1n) is 7.32. The van der Waals surface area contributed by atoms with Gasteiger partial charge in [0.2, 0.25) is 0 Å². The average molecular weight is 305 g/mol. The van der Waals surface area contributed by atoms with Crippen LogP contribution in [0, 0.1) is 0 Å². The van der Waals surface area contributed by atoms with Crippen LogP contribution in [0.3, 0.4) is 0 Å². The van der Waals surface area contributed by atoms with E-state index >= 15 is 0 Å². The molecule has 0 saturated heterocycles. The molecule has 1 aromatic rings. The van der Waals surface area contributed by atoms with E-state index in [0.29, 0.717) is 30.2 Å². The quantitative estimate of drug-likeness (QED) is 0.593. The van der Waals surface area contributed by atoms with Gasteiger partial charge in [0, 0.05) is 18.5 Å². The number of Topliss-reactive ketones (excluding diaryl/α,β-unsaturated/α-hetero) is 1. The molecule has 0 radical (unpaired) electrons. The molecule has 0 unspecified atom stereocenters. The van der Waals surface area contributed by atoms with Crippen molar-refractivity contribution in [1.29, 1.82) is 0 Å². The van der Waals surface area contributed by atoms with Crippen LogP contribution in [0.4, 0.5) is 5.69 Å². The van der Waals surface area contributed by atoms with E-state index in [1.165, 1.54) is 0 Å². The van der Waals surface area contributed by atoms with E-state index in [-0.39, 0.29) is 37.1 Å². The standard InChI is InChI=1S/C16H19NO5/c1-3-17-12-9-11(5-7-14(12)22-10-15(17)19)13(18)6-8-16(20)21-4-2/h5,7,9H,3-4,6,8,10H2,1-2H3. The molecule has 1 aromatic carbocycles. The Bertz CT molecular complexity index is 596. The van der Waals surface area contributed by atoms with Gasteiger partial charge >= 0.3 is 5.97 Å². The zero-order valence-corrected chi connectivity index (χ0v) is 12.8. The summed E-state index contributed by atoms with van der Waals surface area (Å²) in [7, 11) is 0. The fourth-order valence-electron chi connectivity index (χ4n) is 2.32. The van der Waals surface area contributed by atoms with Crippen molar-refractivity contribution in [3.63, 3.8) is 0 Å². The van der Waals surface area contributed by atoms with Crippen LogP contribution in [0.15, 0.2) is 18.2 Å². The van der Waals surface area contributed by atoms with Crippen molar-refractivity contribution < 1.29 is 23.9 Å². The summed E-state index contributed by atoms with van der Waals surface area (Å²) in [5.74, 6) is -0.0954. The predicted octanol–water partition coefficient (Wildman–Crippen LogP) is 1.96. The van der Waals surface area contributed by atoms with Crippen LogP contribution < -0.4 is 9.64 Å². The summed E-state index contributed by atoms with van der Waals surface area (Å²) in [6, 6.07) is 4.97. The van der Waals surface area contributed by atoms with Gasteiger partial charge in [-0.3, -0.25) is 14.4 Å². The summed E-state index contributed by atoms with van der Waals surface area (Å²) < 4.78 is 10.2. The van der Waals surface area contributed by atoms with Crippen molar-refractivity contribution in [1.82, 2.24) is 0 Å². The number of esters is 1. The van der Waals surface area contributed by atoms with Crippen LogP contribution in [0.5, 0.6) is 5.75 Å². The summed E-state index contributed by atoms with van der Waals surface area (Å²) in [5, 5.41) is 0. The monoisotopic (exact) mass is 305 g/mol. The Morgan fingerprint density at radius 2 is 2.05 bits per heavy atom. The number of ketones is 1. The van der Waals surface area contributed by atoms with Gasteiger partial charge in [0.15, 0.2) is 12.4 Å². The zero-order chi connectivity index (χ0) is 16.1. The Kier molecular flexibility index (Phi) is 5.14. The van der Waals surface area contributed by atoms with Gasteiger partial charge in [-0.15, -0.1) is 0 Å². The minimum atomic E-state index is -0.387. The van der Waals surface area contributed by atoms with Gasteiger partial charge < -0.3 is 14.4 Å². The second kappa shape index (κ2) is 7.06. The molecule has 0 saturated carbocycles. The minimum absolute atomic E-state index is 0.0109. The SMILES string of the molecule is CCOC(=O)CCC(=O)c1ccc2c(c1)N(CC)C(=O)CO2. The molecule has 118 valence electrons.